The van der Waals surface area contributed by atoms with Gasteiger partial charge in [-0.3, -0.25) is 18.6 Å². The standard InChI is InChI=1S/C78H140NO8P/c1-6-8-10-12-14-16-18-20-22-24-26-28-30-32-33-34-35-36-37-38-39-40-41-42-43-44-45-47-49-51-53-55-57-59-61-63-65-67-69-71-78(81)87-76(75-86-88(82,83)85-73-72-79(3,4)5)74-84-77(80)70-68-66-64-62-60-58-56-54-52-50-48-46-31-29-27-25-23-21-19-17-15-13-11-9-7-2/h8,10,14,16,19-22,25-28,32-33,35-36,76H,6-7,9,11-13,15,17-18,23-24,29-31,34,37-75H2,1-5H3/p+1/b10-8-,16-14-,21-19-,22-20-,27-25-,28-26-,33-32-,36-35-. The van der Waals surface area contributed by atoms with Crippen molar-refractivity contribution >= 4 is 19.8 Å². The molecule has 0 aliphatic rings. The molecule has 0 rings (SSSR count). The number of allylic oxidation sites excluding steroid dienone is 16. The lowest BCUT2D eigenvalue weighted by molar-refractivity contribution is -0.870. The Morgan fingerprint density at radius 3 is 0.966 bits per heavy atom. The molecule has 2 unspecified atom stereocenters. The Morgan fingerprint density at radius 2 is 0.648 bits per heavy atom. The lowest BCUT2D eigenvalue weighted by Crippen LogP contribution is -2.37. The van der Waals surface area contributed by atoms with Crippen LogP contribution in [-0.2, 0) is 32.7 Å². The van der Waals surface area contributed by atoms with Crippen LogP contribution in [0, 0.1) is 0 Å². The molecule has 0 amide bonds. The summed E-state index contributed by atoms with van der Waals surface area (Å²) in [5, 5.41) is 0. The predicted molar refractivity (Wildman–Crippen MR) is 381 cm³/mol. The fourth-order valence-corrected chi connectivity index (χ4v) is 11.2. The highest BCUT2D eigenvalue weighted by Crippen LogP contribution is 2.43. The van der Waals surface area contributed by atoms with Crippen molar-refractivity contribution in [1.29, 1.82) is 0 Å². The fourth-order valence-electron chi connectivity index (χ4n) is 10.5. The first kappa shape index (κ1) is 84.9. The molecule has 0 radical (unpaired) electrons. The quantitative estimate of drug-likeness (QED) is 0.0211. The Balaban J connectivity index is 3.97. The molecule has 0 aliphatic carbocycles. The minimum absolute atomic E-state index is 0.0309. The molecule has 0 bridgehead atoms. The number of esters is 2. The maximum Gasteiger partial charge on any atom is 0.472 e. The molecule has 88 heavy (non-hydrogen) atoms. The van der Waals surface area contributed by atoms with Crippen LogP contribution in [0.5, 0.6) is 0 Å². The summed E-state index contributed by atoms with van der Waals surface area (Å²) in [7, 11) is 1.49. The monoisotopic (exact) mass is 1250 g/mol. The second-order valence-corrected chi connectivity index (χ2v) is 27.4. The number of carbonyl (C=O) groups excluding carboxylic acids is 2. The van der Waals surface area contributed by atoms with Crippen molar-refractivity contribution in [1.82, 2.24) is 0 Å². The van der Waals surface area contributed by atoms with E-state index in [1.54, 1.807) is 0 Å². The van der Waals surface area contributed by atoms with Crippen LogP contribution in [0.25, 0.3) is 0 Å². The predicted octanol–water partition coefficient (Wildman–Crippen LogP) is 24.3. The molecule has 9 nitrogen and oxygen atoms in total. The van der Waals surface area contributed by atoms with Crippen LogP contribution in [0.4, 0.5) is 0 Å². The molecule has 10 heteroatoms. The highest BCUT2D eigenvalue weighted by Gasteiger charge is 2.27. The first-order valence-electron chi connectivity index (χ1n) is 37.0. The number of nitrogens with zero attached hydrogens (tertiary/aromatic N) is 1. The number of hydrogen-bond donors (Lipinski definition) is 1. The third-order valence-electron chi connectivity index (χ3n) is 16.1. The Hall–Kier alpha value is -3.07. The maximum atomic E-state index is 12.9. The van der Waals surface area contributed by atoms with Crippen molar-refractivity contribution in [3.8, 4) is 0 Å². The Kier molecular flexibility index (Phi) is 65.9. The molecule has 0 aromatic carbocycles. The summed E-state index contributed by atoms with van der Waals surface area (Å²) < 4.78 is 34.8. The molecule has 0 saturated carbocycles. The number of likely N-dealkylation sites (N-methyl/N-ethyl adjacent to an activating group) is 1. The van der Waals surface area contributed by atoms with Crippen LogP contribution in [0.15, 0.2) is 97.2 Å². The minimum Gasteiger partial charge on any atom is -0.462 e. The van der Waals surface area contributed by atoms with Gasteiger partial charge in [-0.25, -0.2) is 4.57 Å². The number of carbonyl (C=O) groups is 2. The third kappa shape index (κ3) is 72.0. The van der Waals surface area contributed by atoms with Crippen molar-refractivity contribution in [3.05, 3.63) is 97.2 Å². The van der Waals surface area contributed by atoms with Gasteiger partial charge in [0.1, 0.15) is 19.8 Å². The van der Waals surface area contributed by atoms with Crippen LogP contribution in [0.1, 0.15) is 335 Å². The van der Waals surface area contributed by atoms with E-state index < -0.39 is 26.5 Å². The second-order valence-electron chi connectivity index (χ2n) is 25.9. The number of quaternary nitrogens is 1. The second kappa shape index (κ2) is 68.3. The molecule has 0 aromatic heterocycles. The van der Waals surface area contributed by atoms with Crippen LogP contribution < -0.4 is 0 Å². The van der Waals surface area contributed by atoms with Gasteiger partial charge in [-0.1, -0.05) is 323 Å². The van der Waals surface area contributed by atoms with Crippen molar-refractivity contribution < 1.29 is 42.1 Å². The number of ether oxygens (including phenoxy) is 2. The van der Waals surface area contributed by atoms with E-state index in [0.717, 1.165) is 77.0 Å². The molecular formula is C78H141NO8P+. The average molecular weight is 1250 g/mol. The van der Waals surface area contributed by atoms with Crippen LogP contribution in [0.3, 0.4) is 0 Å². The van der Waals surface area contributed by atoms with Gasteiger partial charge < -0.3 is 18.9 Å². The normalized spacial score (nSPS) is 13.7. The topological polar surface area (TPSA) is 108 Å². The number of hydrogen-bond acceptors (Lipinski definition) is 7. The molecule has 0 saturated heterocycles. The molecule has 0 heterocycles. The number of unbranched alkanes of at least 4 members (excludes halogenated alkanes) is 38. The van der Waals surface area contributed by atoms with E-state index in [9.17, 15) is 19.0 Å². The molecule has 0 spiro atoms. The zero-order chi connectivity index (χ0) is 64.1. The van der Waals surface area contributed by atoms with Crippen molar-refractivity contribution in [2.45, 2.75) is 341 Å². The van der Waals surface area contributed by atoms with Gasteiger partial charge in [0.25, 0.3) is 0 Å². The highest BCUT2D eigenvalue weighted by atomic mass is 31.2. The van der Waals surface area contributed by atoms with Crippen LogP contribution in [-0.4, -0.2) is 74.9 Å². The zero-order valence-electron chi connectivity index (χ0n) is 58.2. The van der Waals surface area contributed by atoms with E-state index in [0.29, 0.717) is 17.4 Å². The van der Waals surface area contributed by atoms with E-state index in [4.69, 9.17) is 18.5 Å². The van der Waals surface area contributed by atoms with Gasteiger partial charge in [0.05, 0.1) is 27.7 Å². The van der Waals surface area contributed by atoms with E-state index in [-0.39, 0.29) is 32.0 Å². The lowest BCUT2D eigenvalue weighted by Gasteiger charge is -2.24. The fraction of sp³-hybridized carbons (Fsp3) is 0.769. The van der Waals surface area contributed by atoms with Gasteiger partial charge in [-0.15, -0.1) is 0 Å². The van der Waals surface area contributed by atoms with Gasteiger partial charge in [0, 0.05) is 12.8 Å². The molecular weight excluding hydrogens is 1110 g/mol. The number of phosphoric ester groups is 1. The molecule has 0 aromatic rings. The van der Waals surface area contributed by atoms with Crippen molar-refractivity contribution in [3.63, 3.8) is 0 Å². The van der Waals surface area contributed by atoms with E-state index in [1.807, 2.05) is 21.1 Å². The molecule has 0 aliphatic heterocycles. The van der Waals surface area contributed by atoms with E-state index in [1.165, 1.54) is 225 Å². The van der Waals surface area contributed by atoms with Gasteiger partial charge >= 0.3 is 19.8 Å². The summed E-state index contributed by atoms with van der Waals surface area (Å²) in [6.45, 7) is 4.35. The van der Waals surface area contributed by atoms with E-state index in [2.05, 4.69) is 111 Å². The van der Waals surface area contributed by atoms with Gasteiger partial charge in [-0.2, -0.15) is 0 Å². The molecule has 2 atom stereocenters. The smallest absolute Gasteiger partial charge is 0.462 e. The highest BCUT2D eigenvalue weighted by molar-refractivity contribution is 7.47. The summed E-state index contributed by atoms with van der Waals surface area (Å²) in [5.41, 5.74) is 0. The zero-order valence-corrected chi connectivity index (χ0v) is 59.1. The Bertz CT molecular complexity index is 1810. The van der Waals surface area contributed by atoms with Gasteiger partial charge in [-0.05, 0) is 96.3 Å². The molecule has 0 fully saturated rings. The summed E-state index contributed by atoms with van der Waals surface area (Å²) in [5.74, 6) is -0.785. The summed E-state index contributed by atoms with van der Waals surface area (Å²) in [4.78, 5) is 35.9. The average Bonchev–Trinajstić information content (AvgIpc) is 3.68. The SMILES string of the molecule is CC/C=C\C/C=C\C/C=C\C/C=C\C/C=C\C/C=C\CCCCCCCCCCCCCCCCCCCCCCC(=O)OC(COC(=O)CCCCCCCCCCCCCCC/C=C\C/C=C\CCCCCCC)COP(=O)(O)OCC[N+](C)(C)C. The van der Waals surface area contributed by atoms with Crippen molar-refractivity contribution in [2.75, 3.05) is 47.5 Å². The minimum atomic E-state index is -4.39. The lowest BCUT2D eigenvalue weighted by atomic mass is 10.0. The Labute approximate surface area is 544 Å². The van der Waals surface area contributed by atoms with E-state index >= 15 is 0 Å². The number of phosphoric acid groups is 1. The summed E-state index contributed by atoms with van der Waals surface area (Å²) >= 11 is 0. The van der Waals surface area contributed by atoms with Crippen LogP contribution >= 0.6 is 7.82 Å². The largest absolute Gasteiger partial charge is 0.472 e. The van der Waals surface area contributed by atoms with Crippen molar-refractivity contribution in [2.24, 2.45) is 0 Å². The number of rotatable bonds is 68. The molecule has 1 N–H and O–H groups in total. The maximum absolute atomic E-state index is 12.9. The summed E-state index contributed by atoms with van der Waals surface area (Å²) in [6, 6.07) is 0. The molecule has 510 valence electrons. The van der Waals surface area contributed by atoms with Gasteiger partial charge in [0.15, 0.2) is 6.10 Å². The first-order chi connectivity index (χ1) is 43.0. The Morgan fingerprint density at radius 1 is 0.364 bits per heavy atom. The summed E-state index contributed by atoms with van der Waals surface area (Å²) in [6.07, 6.45) is 95.2. The first-order valence-corrected chi connectivity index (χ1v) is 38.5. The van der Waals surface area contributed by atoms with Crippen LogP contribution in [0.2, 0.25) is 0 Å². The third-order valence-corrected chi connectivity index (χ3v) is 17.1. The van der Waals surface area contributed by atoms with Gasteiger partial charge in [0.2, 0.25) is 0 Å².